The molecule has 1 aromatic heterocycles. The van der Waals surface area contributed by atoms with Crippen LogP contribution in [0.4, 0.5) is 0 Å². The summed E-state index contributed by atoms with van der Waals surface area (Å²) in [5.41, 5.74) is 3.35. The lowest BCUT2D eigenvalue weighted by molar-refractivity contribution is -0.121. The fourth-order valence-corrected chi connectivity index (χ4v) is 3.87. The number of fused-ring (bicyclic) bond motifs is 3. The van der Waals surface area contributed by atoms with Crippen LogP contribution >= 0.6 is 11.6 Å². The summed E-state index contributed by atoms with van der Waals surface area (Å²) in [5, 5.41) is 12.1. The summed E-state index contributed by atoms with van der Waals surface area (Å²) in [6.07, 6.45) is 1.86. The molecule has 0 saturated heterocycles. The number of nitrogens with zero attached hydrogens (tertiary/aromatic N) is 4. The molecular weight excluding hydrogens is 426 g/mol. The number of carbonyl (C=O) groups is 1. The first kappa shape index (κ1) is 21.8. The number of hydrogen-bond donors (Lipinski definition) is 1. The highest BCUT2D eigenvalue weighted by atomic mass is 35.5. The topological polar surface area (TPSA) is 81.4 Å². The molecule has 1 N–H and O–H groups in total. The van der Waals surface area contributed by atoms with E-state index in [0.29, 0.717) is 29.7 Å². The number of carbonyl (C=O) groups excluding carboxylic acids is 1. The molecule has 2 heterocycles. The molecule has 0 fully saturated rings. The maximum atomic E-state index is 12.5. The van der Waals surface area contributed by atoms with Gasteiger partial charge in [-0.3, -0.25) is 14.4 Å². The lowest BCUT2D eigenvalue weighted by Crippen LogP contribution is -2.25. The minimum Gasteiger partial charge on any atom is -0.490 e. The molecule has 7 nitrogen and oxygen atoms in total. The van der Waals surface area contributed by atoms with E-state index >= 15 is 0 Å². The number of rotatable bonds is 7. The van der Waals surface area contributed by atoms with Crippen molar-refractivity contribution in [2.24, 2.45) is 4.99 Å². The molecule has 3 aromatic rings. The fourth-order valence-electron chi connectivity index (χ4n) is 3.74. The maximum Gasteiger partial charge on any atom is 0.222 e. The van der Waals surface area contributed by atoms with E-state index in [1.54, 1.807) is 6.08 Å². The number of nitrogens with one attached hydrogen (secondary N) is 1. The van der Waals surface area contributed by atoms with Crippen LogP contribution in [-0.4, -0.2) is 39.5 Å². The second-order valence-electron chi connectivity index (χ2n) is 7.38. The van der Waals surface area contributed by atoms with Crippen LogP contribution < -0.4 is 10.1 Å². The van der Waals surface area contributed by atoms with Crippen LogP contribution in [0, 0.1) is 6.92 Å². The fraction of sp³-hybridized carbons (Fsp3) is 0.250. The second kappa shape index (κ2) is 9.36. The number of aromatic nitrogens is 3. The van der Waals surface area contributed by atoms with Crippen molar-refractivity contribution < 1.29 is 9.53 Å². The van der Waals surface area contributed by atoms with Gasteiger partial charge in [0, 0.05) is 22.7 Å². The molecule has 1 aliphatic rings. The predicted octanol–water partition coefficient (Wildman–Crippen LogP) is 4.21. The predicted molar refractivity (Wildman–Crippen MR) is 125 cm³/mol. The van der Waals surface area contributed by atoms with E-state index in [4.69, 9.17) is 21.3 Å². The van der Waals surface area contributed by atoms with Crippen molar-refractivity contribution in [2.45, 2.75) is 26.3 Å². The first-order valence-electron chi connectivity index (χ1n) is 10.4. The Morgan fingerprint density at radius 1 is 1.25 bits per heavy atom. The Kier molecular flexibility index (Phi) is 6.37. The van der Waals surface area contributed by atoms with Crippen LogP contribution in [0.3, 0.4) is 0 Å². The molecule has 1 atom stereocenters. The molecular formula is C24H24ClN5O2. The van der Waals surface area contributed by atoms with E-state index < -0.39 is 6.04 Å². The summed E-state index contributed by atoms with van der Waals surface area (Å²) in [6.45, 7) is 8.44. The van der Waals surface area contributed by atoms with Crippen molar-refractivity contribution >= 4 is 23.2 Å². The molecule has 0 spiro atoms. The molecule has 0 aliphatic carbocycles. The van der Waals surface area contributed by atoms with Gasteiger partial charge in [-0.15, -0.1) is 10.2 Å². The number of aliphatic imine (C=N–C) groups is 1. The van der Waals surface area contributed by atoms with Gasteiger partial charge in [0.1, 0.15) is 24.2 Å². The maximum absolute atomic E-state index is 12.5. The highest BCUT2D eigenvalue weighted by molar-refractivity contribution is 6.30. The minimum atomic E-state index is -0.502. The average molecular weight is 450 g/mol. The van der Waals surface area contributed by atoms with E-state index in [-0.39, 0.29) is 12.3 Å². The second-order valence-corrected chi connectivity index (χ2v) is 7.81. The smallest absolute Gasteiger partial charge is 0.222 e. The van der Waals surface area contributed by atoms with Crippen molar-refractivity contribution in [3.63, 3.8) is 0 Å². The zero-order valence-electron chi connectivity index (χ0n) is 18.0. The van der Waals surface area contributed by atoms with E-state index in [9.17, 15) is 4.79 Å². The molecule has 0 saturated carbocycles. The molecule has 0 bridgehead atoms. The number of halogens is 1. The number of amides is 1. The van der Waals surface area contributed by atoms with Crippen molar-refractivity contribution in [3.8, 4) is 11.4 Å². The van der Waals surface area contributed by atoms with E-state index in [1.807, 2.05) is 60.9 Å². The summed E-state index contributed by atoms with van der Waals surface area (Å²) < 4.78 is 7.75. The largest absolute Gasteiger partial charge is 0.490 e. The monoisotopic (exact) mass is 449 g/mol. The van der Waals surface area contributed by atoms with Crippen LogP contribution in [0.2, 0.25) is 5.02 Å². The zero-order chi connectivity index (χ0) is 22.7. The zero-order valence-corrected chi connectivity index (χ0v) is 18.8. The Morgan fingerprint density at radius 3 is 2.75 bits per heavy atom. The minimum absolute atomic E-state index is 0.0927. The van der Waals surface area contributed by atoms with Crippen molar-refractivity contribution in [2.75, 3.05) is 13.2 Å². The highest BCUT2D eigenvalue weighted by Gasteiger charge is 2.29. The molecule has 0 unspecified atom stereocenters. The molecule has 8 heteroatoms. The van der Waals surface area contributed by atoms with Gasteiger partial charge in [-0.1, -0.05) is 36.4 Å². The van der Waals surface area contributed by atoms with Gasteiger partial charge in [-0.05, 0) is 44.2 Å². The van der Waals surface area contributed by atoms with Crippen molar-refractivity contribution in [1.82, 2.24) is 20.1 Å². The molecule has 4 rings (SSSR count). The van der Waals surface area contributed by atoms with Gasteiger partial charge < -0.3 is 10.1 Å². The van der Waals surface area contributed by atoms with Crippen LogP contribution in [0.15, 0.2) is 60.1 Å². The van der Waals surface area contributed by atoms with Crippen LogP contribution in [0.25, 0.3) is 5.69 Å². The van der Waals surface area contributed by atoms with Gasteiger partial charge in [0.2, 0.25) is 5.91 Å². The summed E-state index contributed by atoms with van der Waals surface area (Å²) in [7, 11) is 0. The molecule has 164 valence electrons. The van der Waals surface area contributed by atoms with Crippen LogP contribution in [0.1, 0.15) is 42.2 Å². The Morgan fingerprint density at radius 2 is 2.03 bits per heavy atom. The van der Waals surface area contributed by atoms with Gasteiger partial charge in [-0.25, -0.2) is 0 Å². The Labute approximate surface area is 191 Å². The van der Waals surface area contributed by atoms with E-state index in [2.05, 4.69) is 22.1 Å². The average Bonchev–Trinajstić information content (AvgIpc) is 3.11. The quantitative estimate of drug-likeness (QED) is 0.548. The molecule has 1 aliphatic heterocycles. The third kappa shape index (κ3) is 4.29. The SMILES string of the molecule is C=CCOc1ccc2c(c1)C(c1ccc(Cl)cc1)=N[C@@H](CC(=O)NCC)c1nnc(C)n1-2. The van der Waals surface area contributed by atoms with E-state index in [1.165, 1.54) is 0 Å². The number of ether oxygens (including phenoxy) is 1. The van der Waals surface area contributed by atoms with Crippen LogP contribution in [-0.2, 0) is 4.79 Å². The third-order valence-electron chi connectivity index (χ3n) is 5.14. The Hall–Kier alpha value is -3.45. The van der Waals surface area contributed by atoms with Gasteiger partial charge in [-0.2, -0.15) is 0 Å². The Balaban J connectivity index is 1.93. The van der Waals surface area contributed by atoms with E-state index in [0.717, 1.165) is 28.4 Å². The summed E-state index contributed by atoms with van der Waals surface area (Å²) in [6, 6.07) is 12.8. The first-order chi connectivity index (χ1) is 15.5. The number of hydrogen-bond acceptors (Lipinski definition) is 5. The number of aryl methyl sites for hydroxylation is 1. The first-order valence-corrected chi connectivity index (χ1v) is 10.8. The molecule has 1 amide bonds. The number of benzene rings is 2. The lowest BCUT2D eigenvalue weighted by Gasteiger charge is -2.14. The normalized spacial score (nSPS) is 14.6. The standard InChI is InChI=1S/C24H24ClN5O2/c1-4-12-32-18-10-11-21-19(13-18)23(16-6-8-17(25)9-7-16)27-20(14-22(31)26-5-2)24-29-28-15(3)30(21)24/h4,6-11,13,20H,1,5,12,14H2,2-3H3,(H,26,31)/t20-/m0/s1. The van der Waals surface area contributed by atoms with Crippen molar-refractivity contribution in [3.05, 3.63) is 82.9 Å². The Bertz CT molecular complexity index is 1180. The highest BCUT2D eigenvalue weighted by Crippen LogP contribution is 2.34. The third-order valence-corrected chi connectivity index (χ3v) is 5.39. The van der Waals surface area contributed by atoms with Gasteiger partial charge in [0.15, 0.2) is 5.82 Å². The molecule has 32 heavy (non-hydrogen) atoms. The lowest BCUT2D eigenvalue weighted by atomic mass is 10.00. The van der Waals surface area contributed by atoms with Gasteiger partial charge in [0.05, 0.1) is 17.8 Å². The van der Waals surface area contributed by atoms with Gasteiger partial charge >= 0.3 is 0 Å². The summed E-state index contributed by atoms with van der Waals surface area (Å²) in [4.78, 5) is 17.5. The van der Waals surface area contributed by atoms with Gasteiger partial charge in [0.25, 0.3) is 0 Å². The summed E-state index contributed by atoms with van der Waals surface area (Å²) >= 11 is 6.13. The van der Waals surface area contributed by atoms with Crippen LogP contribution in [0.5, 0.6) is 5.75 Å². The van der Waals surface area contributed by atoms with Crippen molar-refractivity contribution in [1.29, 1.82) is 0 Å². The summed E-state index contributed by atoms with van der Waals surface area (Å²) in [5.74, 6) is 1.94. The molecule has 2 aromatic carbocycles. The molecule has 0 radical (unpaired) electrons.